The highest BCUT2D eigenvalue weighted by atomic mass is 16.6. The molecule has 5 nitrogen and oxygen atoms in total. The van der Waals surface area contributed by atoms with Gasteiger partial charge in [0, 0.05) is 12.1 Å². The number of nitrogens with zero attached hydrogens (tertiary/aromatic N) is 2. The maximum Gasteiger partial charge on any atom is 0.410 e. The topological polar surface area (TPSA) is 79.4 Å². The summed E-state index contributed by atoms with van der Waals surface area (Å²) in [4.78, 5) is 14.3. The molecule has 3 rings (SSSR count). The molecule has 2 fully saturated rings. The molecule has 1 aromatic carbocycles. The van der Waals surface area contributed by atoms with Crippen LogP contribution >= 0.6 is 0 Å². The number of amides is 1. The average Bonchev–Trinajstić information content (AvgIpc) is 2.53. The van der Waals surface area contributed by atoms with Crippen molar-refractivity contribution in [3.63, 3.8) is 0 Å². The van der Waals surface area contributed by atoms with Crippen molar-refractivity contribution in [2.75, 3.05) is 0 Å². The van der Waals surface area contributed by atoms with Gasteiger partial charge in [-0.25, -0.2) is 4.79 Å². The molecule has 2 unspecified atom stereocenters. The summed E-state index contributed by atoms with van der Waals surface area (Å²) in [7, 11) is 0. The van der Waals surface area contributed by atoms with Crippen LogP contribution in [0.4, 0.5) is 4.79 Å². The smallest absolute Gasteiger partial charge is 0.410 e. The second-order valence-corrected chi connectivity index (χ2v) is 6.36. The molecule has 2 N–H and O–H groups in total. The first-order valence-electron chi connectivity index (χ1n) is 7.80. The molecule has 0 radical (unpaired) electrons. The van der Waals surface area contributed by atoms with Gasteiger partial charge >= 0.3 is 6.09 Å². The van der Waals surface area contributed by atoms with Crippen LogP contribution in [-0.2, 0) is 11.3 Å². The molecular weight excluding hydrogens is 278 g/mol. The van der Waals surface area contributed by atoms with Gasteiger partial charge in [-0.05, 0) is 37.7 Å². The molecule has 2 saturated heterocycles. The largest absolute Gasteiger partial charge is 0.445 e. The van der Waals surface area contributed by atoms with Crippen molar-refractivity contribution in [3.8, 4) is 6.07 Å². The van der Waals surface area contributed by atoms with Crippen molar-refractivity contribution in [2.45, 2.75) is 56.3 Å². The van der Waals surface area contributed by atoms with Gasteiger partial charge < -0.3 is 15.4 Å². The molecule has 2 aliphatic rings. The highest BCUT2D eigenvalue weighted by Gasteiger charge is 2.47. The number of hydrogen-bond acceptors (Lipinski definition) is 4. The Kier molecular flexibility index (Phi) is 4.04. The first-order valence-corrected chi connectivity index (χ1v) is 7.80. The summed E-state index contributed by atoms with van der Waals surface area (Å²) >= 11 is 0. The molecule has 116 valence electrons. The summed E-state index contributed by atoms with van der Waals surface area (Å²) in [6.45, 7) is 0.279. The Hall–Kier alpha value is -2.06. The third-order valence-corrected chi connectivity index (χ3v) is 4.70. The summed E-state index contributed by atoms with van der Waals surface area (Å²) < 4.78 is 5.47. The molecule has 2 bridgehead atoms. The SMILES string of the molecule is N#CC1(N)CC2CCCC(C1)N2C(=O)OCc1ccccc1. The van der Waals surface area contributed by atoms with E-state index in [1.165, 1.54) is 0 Å². The predicted octanol–water partition coefficient (Wildman–Crippen LogP) is 2.56. The van der Waals surface area contributed by atoms with Gasteiger partial charge in [-0.3, -0.25) is 0 Å². The molecular formula is C17H21N3O2. The molecule has 0 aliphatic carbocycles. The van der Waals surface area contributed by atoms with Crippen molar-refractivity contribution in [2.24, 2.45) is 5.73 Å². The van der Waals surface area contributed by atoms with E-state index in [1.54, 1.807) is 0 Å². The maximum absolute atomic E-state index is 12.5. The summed E-state index contributed by atoms with van der Waals surface area (Å²) in [6, 6.07) is 11.9. The molecule has 0 spiro atoms. The lowest BCUT2D eigenvalue weighted by atomic mass is 9.75. The highest BCUT2D eigenvalue weighted by Crippen LogP contribution is 2.38. The van der Waals surface area contributed by atoms with Gasteiger partial charge in [0.2, 0.25) is 0 Å². The molecule has 22 heavy (non-hydrogen) atoms. The average molecular weight is 299 g/mol. The first kappa shape index (κ1) is 14.9. The van der Waals surface area contributed by atoms with E-state index in [1.807, 2.05) is 35.2 Å². The van der Waals surface area contributed by atoms with Crippen LogP contribution in [0.1, 0.15) is 37.7 Å². The van der Waals surface area contributed by atoms with E-state index in [-0.39, 0.29) is 24.8 Å². The van der Waals surface area contributed by atoms with E-state index in [4.69, 9.17) is 10.5 Å². The Morgan fingerprint density at radius 1 is 1.32 bits per heavy atom. The second kappa shape index (κ2) is 5.98. The van der Waals surface area contributed by atoms with Crippen LogP contribution in [0.2, 0.25) is 0 Å². The molecule has 2 atom stereocenters. The number of fused-ring (bicyclic) bond motifs is 2. The van der Waals surface area contributed by atoms with E-state index in [9.17, 15) is 10.1 Å². The zero-order valence-electron chi connectivity index (χ0n) is 12.6. The second-order valence-electron chi connectivity index (χ2n) is 6.36. The third-order valence-electron chi connectivity index (χ3n) is 4.70. The van der Waals surface area contributed by atoms with Gasteiger partial charge in [-0.15, -0.1) is 0 Å². The quantitative estimate of drug-likeness (QED) is 0.910. The molecule has 1 aromatic rings. The maximum atomic E-state index is 12.5. The summed E-state index contributed by atoms with van der Waals surface area (Å²) in [5, 5.41) is 9.27. The van der Waals surface area contributed by atoms with Crippen LogP contribution in [0.3, 0.4) is 0 Å². The Balaban J connectivity index is 1.66. The molecule has 0 saturated carbocycles. The van der Waals surface area contributed by atoms with Crippen molar-refractivity contribution in [1.82, 2.24) is 4.90 Å². The zero-order valence-corrected chi connectivity index (χ0v) is 12.6. The highest BCUT2D eigenvalue weighted by molar-refractivity contribution is 5.69. The molecule has 2 aliphatic heterocycles. The van der Waals surface area contributed by atoms with Gasteiger partial charge in [-0.2, -0.15) is 5.26 Å². The summed E-state index contributed by atoms with van der Waals surface area (Å²) in [6.07, 6.45) is 3.69. The molecule has 5 heteroatoms. The number of nitriles is 1. The van der Waals surface area contributed by atoms with E-state index >= 15 is 0 Å². The third kappa shape index (κ3) is 2.93. The van der Waals surface area contributed by atoms with Gasteiger partial charge in [0.05, 0.1) is 6.07 Å². The van der Waals surface area contributed by atoms with Crippen LogP contribution < -0.4 is 5.73 Å². The Labute approximate surface area is 130 Å². The fourth-order valence-corrected chi connectivity index (χ4v) is 3.67. The van der Waals surface area contributed by atoms with Crippen molar-refractivity contribution in [1.29, 1.82) is 5.26 Å². The van der Waals surface area contributed by atoms with Crippen LogP contribution in [0, 0.1) is 11.3 Å². The minimum Gasteiger partial charge on any atom is -0.445 e. The number of ether oxygens (including phenoxy) is 1. The minimum atomic E-state index is -0.800. The van der Waals surface area contributed by atoms with Gasteiger partial charge in [0.1, 0.15) is 12.1 Å². The monoisotopic (exact) mass is 299 g/mol. The number of nitrogens with two attached hydrogens (primary N) is 1. The summed E-state index contributed by atoms with van der Waals surface area (Å²) in [5.41, 5.74) is 6.31. The Morgan fingerprint density at radius 2 is 1.95 bits per heavy atom. The number of benzene rings is 1. The molecule has 0 aromatic heterocycles. The minimum absolute atomic E-state index is 0.0282. The van der Waals surface area contributed by atoms with E-state index in [0.717, 1.165) is 24.8 Å². The number of rotatable bonds is 2. The van der Waals surface area contributed by atoms with Crippen molar-refractivity contribution >= 4 is 6.09 Å². The number of carbonyl (C=O) groups is 1. The fourth-order valence-electron chi connectivity index (χ4n) is 3.67. The van der Waals surface area contributed by atoms with Gasteiger partial charge in [0.15, 0.2) is 0 Å². The number of hydrogen-bond donors (Lipinski definition) is 1. The van der Waals surface area contributed by atoms with Crippen molar-refractivity contribution < 1.29 is 9.53 Å². The number of carbonyl (C=O) groups excluding carboxylic acids is 1. The number of piperidine rings is 2. The lowest BCUT2D eigenvalue weighted by molar-refractivity contribution is 0.00545. The Bertz CT molecular complexity index is 567. The van der Waals surface area contributed by atoms with E-state index in [2.05, 4.69) is 6.07 Å². The predicted molar refractivity (Wildman–Crippen MR) is 81.7 cm³/mol. The molecule has 1 amide bonds. The first-order chi connectivity index (χ1) is 10.6. The summed E-state index contributed by atoms with van der Waals surface area (Å²) in [5.74, 6) is 0. The van der Waals surface area contributed by atoms with Gasteiger partial charge in [-0.1, -0.05) is 30.3 Å². The zero-order chi connectivity index (χ0) is 15.6. The standard InChI is InChI=1S/C17H21N3O2/c18-12-17(19)9-14-7-4-8-15(10-17)20(14)16(21)22-11-13-5-2-1-3-6-13/h1-3,5-6,14-15H,4,7-11,19H2. The molecule has 2 heterocycles. The van der Waals surface area contributed by atoms with E-state index < -0.39 is 5.54 Å². The normalized spacial score (nSPS) is 30.5. The van der Waals surface area contributed by atoms with Crippen LogP contribution in [0.5, 0.6) is 0 Å². The van der Waals surface area contributed by atoms with Gasteiger partial charge in [0.25, 0.3) is 0 Å². The van der Waals surface area contributed by atoms with Crippen molar-refractivity contribution in [3.05, 3.63) is 35.9 Å². The van der Waals surface area contributed by atoms with E-state index in [0.29, 0.717) is 12.8 Å². The Morgan fingerprint density at radius 3 is 2.55 bits per heavy atom. The van der Waals surface area contributed by atoms with Crippen LogP contribution in [0.15, 0.2) is 30.3 Å². The lowest BCUT2D eigenvalue weighted by Gasteiger charge is -2.49. The fraction of sp³-hybridized carbons (Fsp3) is 0.529. The van der Waals surface area contributed by atoms with Crippen LogP contribution in [0.25, 0.3) is 0 Å². The lowest BCUT2D eigenvalue weighted by Crippen LogP contribution is -2.62. The van der Waals surface area contributed by atoms with Crippen LogP contribution in [-0.4, -0.2) is 28.6 Å².